The lowest BCUT2D eigenvalue weighted by Crippen LogP contribution is -2.19. The lowest BCUT2D eigenvalue weighted by atomic mass is 10.6. The van der Waals surface area contributed by atoms with E-state index in [1.165, 1.54) is 6.33 Å². The summed E-state index contributed by atoms with van der Waals surface area (Å²) in [5.41, 5.74) is 7.24. The minimum Gasteiger partial charge on any atom is -0.342 e. The molecular formula is C8H10N6. The van der Waals surface area contributed by atoms with Crippen molar-refractivity contribution in [2.75, 3.05) is 6.54 Å². The second-order valence-corrected chi connectivity index (χ2v) is 2.59. The topological polar surface area (TPSA) is 78.5 Å². The largest absolute Gasteiger partial charge is 0.342 e. The van der Waals surface area contributed by atoms with Crippen LogP contribution >= 0.6 is 0 Å². The standard InChI is InChI=1S/C5H4N4.C3H6N2/c1-4-5(8-2-6-1)9-3-7-4;1-2-4-5-3-1/h1-3H,(H,6,7,8,9);1-2,4-5H,3H2. The minimum absolute atomic E-state index is 0.713. The minimum atomic E-state index is 0.713. The quantitative estimate of drug-likeness (QED) is 0.543. The number of nitrogens with one attached hydrogen (secondary N) is 3. The van der Waals surface area contributed by atoms with Crippen molar-refractivity contribution in [3.8, 4) is 0 Å². The maximum absolute atomic E-state index is 3.91. The van der Waals surface area contributed by atoms with Gasteiger partial charge in [-0.2, -0.15) is 0 Å². The molecule has 0 atom stereocenters. The number of hydrazine groups is 1. The van der Waals surface area contributed by atoms with Crippen molar-refractivity contribution >= 4 is 11.2 Å². The maximum Gasteiger partial charge on any atom is 0.180 e. The Balaban J connectivity index is 0.000000128. The summed E-state index contributed by atoms with van der Waals surface area (Å²) in [5.74, 6) is 0. The van der Waals surface area contributed by atoms with Gasteiger partial charge in [-0.25, -0.2) is 20.4 Å². The number of H-pyrrole nitrogens is 1. The van der Waals surface area contributed by atoms with Gasteiger partial charge in [0.2, 0.25) is 0 Å². The molecule has 0 bridgehead atoms. The third-order valence-electron chi connectivity index (χ3n) is 1.62. The van der Waals surface area contributed by atoms with Gasteiger partial charge in [-0.3, -0.25) is 0 Å². The number of aromatic nitrogens is 4. The fourth-order valence-electron chi connectivity index (χ4n) is 0.985. The first kappa shape index (κ1) is 8.64. The van der Waals surface area contributed by atoms with Crippen LogP contribution in [0.3, 0.4) is 0 Å². The highest BCUT2D eigenvalue weighted by Crippen LogP contribution is 1.99. The van der Waals surface area contributed by atoms with E-state index in [-0.39, 0.29) is 0 Å². The van der Waals surface area contributed by atoms with Crippen LogP contribution in [0.5, 0.6) is 0 Å². The molecule has 0 aliphatic carbocycles. The Morgan fingerprint density at radius 3 is 2.93 bits per heavy atom. The molecule has 0 fully saturated rings. The molecule has 0 aromatic carbocycles. The normalized spacial score (nSPS) is 13.4. The number of imidazole rings is 1. The number of aromatic amines is 1. The van der Waals surface area contributed by atoms with Crippen LogP contribution in [-0.2, 0) is 0 Å². The molecule has 0 spiro atoms. The van der Waals surface area contributed by atoms with Gasteiger partial charge in [0, 0.05) is 12.7 Å². The highest BCUT2D eigenvalue weighted by molar-refractivity contribution is 5.67. The molecule has 0 saturated heterocycles. The molecule has 6 heteroatoms. The van der Waals surface area contributed by atoms with E-state index >= 15 is 0 Å². The lowest BCUT2D eigenvalue weighted by Gasteiger charge is -1.83. The van der Waals surface area contributed by atoms with Gasteiger partial charge >= 0.3 is 0 Å². The first-order valence-electron chi connectivity index (χ1n) is 4.19. The molecule has 3 N–H and O–H groups in total. The third-order valence-corrected chi connectivity index (χ3v) is 1.62. The summed E-state index contributed by atoms with van der Waals surface area (Å²) in [7, 11) is 0. The molecule has 2 aromatic heterocycles. The SMILES string of the molecule is C1=CNNC1.c1ncc2[nH]cnc2n1. The lowest BCUT2D eigenvalue weighted by molar-refractivity contribution is 0.727. The Bertz CT molecular complexity index is 384. The van der Waals surface area contributed by atoms with Gasteiger partial charge in [0.05, 0.1) is 12.5 Å². The third kappa shape index (κ3) is 2.05. The molecule has 6 nitrogen and oxygen atoms in total. The predicted molar refractivity (Wildman–Crippen MR) is 52.0 cm³/mol. The first-order valence-corrected chi connectivity index (χ1v) is 4.19. The van der Waals surface area contributed by atoms with E-state index in [0.717, 1.165) is 12.1 Å². The van der Waals surface area contributed by atoms with Crippen molar-refractivity contribution in [1.29, 1.82) is 0 Å². The summed E-state index contributed by atoms with van der Waals surface area (Å²) in [5, 5.41) is 0. The monoisotopic (exact) mass is 190 g/mol. The molecular weight excluding hydrogens is 180 g/mol. The van der Waals surface area contributed by atoms with Crippen molar-refractivity contribution in [2.24, 2.45) is 0 Å². The van der Waals surface area contributed by atoms with E-state index in [2.05, 4.69) is 30.8 Å². The van der Waals surface area contributed by atoms with E-state index in [4.69, 9.17) is 0 Å². The van der Waals surface area contributed by atoms with E-state index in [1.54, 1.807) is 12.5 Å². The van der Waals surface area contributed by atoms with Crippen LogP contribution in [0.4, 0.5) is 0 Å². The zero-order valence-electron chi connectivity index (χ0n) is 7.44. The van der Waals surface area contributed by atoms with Crippen molar-refractivity contribution in [1.82, 2.24) is 30.8 Å². The smallest absolute Gasteiger partial charge is 0.180 e. The summed E-state index contributed by atoms with van der Waals surface area (Å²) in [6.45, 7) is 0.958. The van der Waals surface area contributed by atoms with Crippen LogP contribution < -0.4 is 10.9 Å². The highest BCUT2D eigenvalue weighted by Gasteiger charge is 1.91. The predicted octanol–water partition coefficient (Wildman–Crippen LogP) is -0.0392. The van der Waals surface area contributed by atoms with Gasteiger partial charge < -0.3 is 10.4 Å². The summed E-state index contributed by atoms with van der Waals surface area (Å²) < 4.78 is 0. The molecule has 0 amide bonds. The van der Waals surface area contributed by atoms with Gasteiger partial charge in [0.15, 0.2) is 5.65 Å². The van der Waals surface area contributed by atoms with Crippen molar-refractivity contribution in [2.45, 2.75) is 0 Å². The maximum atomic E-state index is 3.91. The summed E-state index contributed by atoms with van der Waals surface area (Å²) in [6.07, 6.45) is 8.65. The summed E-state index contributed by atoms with van der Waals surface area (Å²) >= 11 is 0. The van der Waals surface area contributed by atoms with Crippen LogP contribution in [0.2, 0.25) is 0 Å². The van der Waals surface area contributed by atoms with Crippen molar-refractivity contribution < 1.29 is 0 Å². The Hall–Kier alpha value is -1.95. The zero-order valence-corrected chi connectivity index (χ0v) is 7.44. The van der Waals surface area contributed by atoms with E-state index in [0.29, 0.717) is 5.65 Å². The second kappa shape index (κ2) is 4.33. The van der Waals surface area contributed by atoms with Crippen molar-refractivity contribution in [3.63, 3.8) is 0 Å². The Morgan fingerprint density at radius 2 is 2.29 bits per heavy atom. The fraction of sp³-hybridized carbons (Fsp3) is 0.125. The summed E-state index contributed by atoms with van der Waals surface area (Å²) in [4.78, 5) is 14.5. The number of fused-ring (bicyclic) bond motifs is 1. The Morgan fingerprint density at radius 1 is 1.29 bits per heavy atom. The molecule has 1 aliphatic rings. The average molecular weight is 190 g/mol. The number of hydrogen-bond donors (Lipinski definition) is 3. The van der Waals surface area contributed by atoms with Crippen LogP contribution in [0.15, 0.2) is 31.1 Å². The Labute approximate surface area is 80.5 Å². The molecule has 14 heavy (non-hydrogen) atoms. The van der Waals surface area contributed by atoms with Gasteiger partial charge in [-0.05, 0) is 0 Å². The van der Waals surface area contributed by atoms with E-state index < -0.39 is 0 Å². The average Bonchev–Trinajstić information content (AvgIpc) is 2.92. The van der Waals surface area contributed by atoms with E-state index in [9.17, 15) is 0 Å². The van der Waals surface area contributed by atoms with Crippen LogP contribution in [-0.4, -0.2) is 26.5 Å². The molecule has 0 unspecified atom stereocenters. The van der Waals surface area contributed by atoms with Crippen LogP contribution in [0, 0.1) is 0 Å². The van der Waals surface area contributed by atoms with E-state index in [1.807, 2.05) is 12.3 Å². The molecule has 1 aliphatic heterocycles. The van der Waals surface area contributed by atoms with Gasteiger partial charge in [0.1, 0.15) is 11.8 Å². The summed E-state index contributed by atoms with van der Waals surface area (Å²) in [6, 6.07) is 0. The van der Waals surface area contributed by atoms with Gasteiger partial charge in [0.25, 0.3) is 0 Å². The molecule has 0 radical (unpaired) electrons. The highest BCUT2D eigenvalue weighted by atomic mass is 15.4. The number of hydrogen-bond acceptors (Lipinski definition) is 5. The van der Waals surface area contributed by atoms with Crippen LogP contribution in [0.25, 0.3) is 11.2 Å². The van der Waals surface area contributed by atoms with Gasteiger partial charge in [-0.1, -0.05) is 6.08 Å². The Kier molecular flexibility index (Phi) is 2.67. The zero-order chi connectivity index (χ0) is 9.64. The molecule has 3 rings (SSSR count). The van der Waals surface area contributed by atoms with Gasteiger partial charge in [-0.15, -0.1) is 0 Å². The first-order chi connectivity index (χ1) is 6.97. The molecule has 3 heterocycles. The van der Waals surface area contributed by atoms with Crippen molar-refractivity contribution in [3.05, 3.63) is 31.1 Å². The second-order valence-electron chi connectivity index (χ2n) is 2.59. The number of nitrogens with zero attached hydrogens (tertiary/aromatic N) is 3. The fourth-order valence-corrected chi connectivity index (χ4v) is 0.985. The molecule has 72 valence electrons. The number of rotatable bonds is 0. The molecule has 0 saturated carbocycles. The van der Waals surface area contributed by atoms with Crippen LogP contribution in [0.1, 0.15) is 0 Å². The molecule has 2 aromatic rings.